The van der Waals surface area contributed by atoms with Crippen LogP contribution in [0, 0.1) is 0 Å². The van der Waals surface area contributed by atoms with E-state index in [4.69, 9.17) is 0 Å². The van der Waals surface area contributed by atoms with E-state index >= 15 is 0 Å². The van der Waals surface area contributed by atoms with Gasteiger partial charge < -0.3 is 15.3 Å². The number of carbonyl (C=O) groups is 2. The van der Waals surface area contributed by atoms with Crippen molar-refractivity contribution in [2.75, 3.05) is 12.4 Å². The van der Waals surface area contributed by atoms with E-state index in [1.54, 1.807) is 19.3 Å². The predicted molar refractivity (Wildman–Crippen MR) is 82.4 cm³/mol. The fourth-order valence-electron chi connectivity index (χ4n) is 2.00. The first-order valence-corrected chi connectivity index (χ1v) is 6.73. The Labute approximate surface area is 128 Å². The van der Waals surface area contributed by atoms with E-state index in [1.165, 1.54) is 30.0 Å². The number of carbonyl (C=O) groups excluding carboxylic acids is 2. The summed E-state index contributed by atoms with van der Waals surface area (Å²) >= 11 is 0. The molecule has 1 aromatic carbocycles. The van der Waals surface area contributed by atoms with Crippen LogP contribution in [0.25, 0.3) is 0 Å². The lowest BCUT2D eigenvalue weighted by molar-refractivity contribution is -0.114. The van der Waals surface area contributed by atoms with Crippen molar-refractivity contribution in [3.8, 4) is 5.75 Å². The summed E-state index contributed by atoms with van der Waals surface area (Å²) in [6, 6.07) is 9.83. The van der Waals surface area contributed by atoms with Crippen LogP contribution in [0.15, 0.2) is 42.6 Å². The Kier molecular flexibility index (Phi) is 4.73. The molecule has 0 radical (unpaired) electrons. The second-order valence-electron chi connectivity index (χ2n) is 4.90. The first kappa shape index (κ1) is 15.5. The zero-order valence-electron chi connectivity index (χ0n) is 12.4. The minimum Gasteiger partial charge on any atom is -0.507 e. The topological polar surface area (TPSA) is 82.5 Å². The smallest absolute Gasteiger partial charge is 0.257 e. The van der Waals surface area contributed by atoms with Crippen molar-refractivity contribution >= 4 is 17.5 Å². The van der Waals surface area contributed by atoms with Crippen molar-refractivity contribution in [1.82, 2.24) is 9.88 Å². The lowest BCUT2D eigenvalue weighted by atomic mass is 10.1. The van der Waals surface area contributed by atoms with Gasteiger partial charge in [0.15, 0.2) is 0 Å². The van der Waals surface area contributed by atoms with Crippen LogP contribution >= 0.6 is 0 Å². The van der Waals surface area contributed by atoms with E-state index in [0.717, 1.165) is 5.69 Å². The molecular weight excluding hydrogens is 282 g/mol. The molecule has 2 amide bonds. The molecule has 0 bridgehead atoms. The van der Waals surface area contributed by atoms with Gasteiger partial charge in [-0.05, 0) is 30.3 Å². The summed E-state index contributed by atoms with van der Waals surface area (Å²) in [6.45, 7) is 1.70. The van der Waals surface area contributed by atoms with Crippen LogP contribution in [0.5, 0.6) is 5.75 Å². The van der Waals surface area contributed by atoms with Crippen molar-refractivity contribution in [2.24, 2.45) is 0 Å². The molecular formula is C16H17N3O3. The van der Waals surface area contributed by atoms with Gasteiger partial charge in [-0.1, -0.05) is 6.07 Å². The average Bonchev–Trinajstić information content (AvgIpc) is 2.49. The van der Waals surface area contributed by atoms with Crippen LogP contribution in [0.4, 0.5) is 5.69 Å². The summed E-state index contributed by atoms with van der Waals surface area (Å²) < 4.78 is 0. The summed E-state index contributed by atoms with van der Waals surface area (Å²) in [4.78, 5) is 29.1. The molecule has 1 heterocycles. The van der Waals surface area contributed by atoms with E-state index in [9.17, 15) is 14.7 Å². The Morgan fingerprint density at radius 3 is 2.68 bits per heavy atom. The summed E-state index contributed by atoms with van der Waals surface area (Å²) in [5.74, 6) is -0.728. The molecule has 0 fully saturated rings. The normalized spacial score (nSPS) is 10.1. The van der Waals surface area contributed by atoms with Crippen LogP contribution in [-0.4, -0.2) is 33.9 Å². The minimum atomic E-state index is -0.352. The molecule has 0 unspecified atom stereocenters. The van der Waals surface area contributed by atoms with Gasteiger partial charge in [0.1, 0.15) is 5.75 Å². The molecule has 0 aliphatic heterocycles. The van der Waals surface area contributed by atoms with Gasteiger partial charge in [0.2, 0.25) is 5.91 Å². The molecule has 0 spiro atoms. The molecule has 0 aliphatic carbocycles. The Balaban J connectivity index is 2.19. The molecule has 2 aromatic rings. The molecule has 1 aromatic heterocycles. The fourth-order valence-corrected chi connectivity index (χ4v) is 2.00. The second-order valence-corrected chi connectivity index (χ2v) is 4.90. The van der Waals surface area contributed by atoms with Gasteiger partial charge in [-0.3, -0.25) is 14.6 Å². The minimum absolute atomic E-state index is 0.129. The zero-order chi connectivity index (χ0) is 16.1. The van der Waals surface area contributed by atoms with E-state index in [2.05, 4.69) is 10.3 Å². The number of benzene rings is 1. The molecule has 0 saturated carbocycles. The highest BCUT2D eigenvalue weighted by molar-refractivity contribution is 5.99. The second kappa shape index (κ2) is 6.71. The van der Waals surface area contributed by atoms with Gasteiger partial charge in [-0.15, -0.1) is 0 Å². The number of aromatic hydroxyl groups is 1. The third-order valence-electron chi connectivity index (χ3n) is 3.02. The van der Waals surface area contributed by atoms with Gasteiger partial charge in [0.25, 0.3) is 5.91 Å². The first-order valence-electron chi connectivity index (χ1n) is 6.73. The highest BCUT2D eigenvalue weighted by Crippen LogP contribution is 2.23. The molecule has 0 saturated heterocycles. The van der Waals surface area contributed by atoms with E-state index < -0.39 is 0 Å². The highest BCUT2D eigenvalue weighted by atomic mass is 16.3. The fraction of sp³-hybridized carbons (Fsp3) is 0.188. The summed E-state index contributed by atoms with van der Waals surface area (Å²) in [5, 5.41) is 12.5. The maximum absolute atomic E-state index is 12.4. The zero-order valence-corrected chi connectivity index (χ0v) is 12.4. The number of nitrogens with one attached hydrogen (secondary N) is 1. The molecule has 2 N–H and O–H groups in total. The number of rotatable bonds is 4. The van der Waals surface area contributed by atoms with Crippen LogP contribution in [-0.2, 0) is 11.3 Å². The number of phenolic OH excluding ortho intramolecular Hbond substituents is 1. The van der Waals surface area contributed by atoms with Crippen molar-refractivity contribution in [3.63, 3.8) is 0 Å². The third-order valence-corrected chi connectivity index (χ3v) is 3.02. The SMILES string of the molecule is CC(=O)Nc1ccc(O)c(C(=O)N(C)Cc2ccccn2)c1. The molecule has 0 atom stereocenters. The number of hydrogen-bond donors (Lipinski definition) is 2. The Morgan fingerprint density at radius 1 is 1.27 bits per heavy atom. The van der Waals surface area contributed by atoms with Crippen molar-refractivity contribution in [3.05, 3.63) is 53.9 Å². The Morgan fingerprint density at radius 2 is 2.05 bits per heavy atom. The standard InChI is InChI=1S/C16H17N3O3/c1-11(20)18-12-6-7-15(21)14(9-12)16(22)19(2)10-13-5-3-4-8-17-13/h3-9,21H,10H2,1-2H3,(H,18,20). The van der Waals surface area contributed by atoms with Gasteiger partial charge in [-0.2, -0.15) is 0 Å². The maximum atomic E-state index is 12.4. The summed E-state index contributed by atoms with van der Waals surface area (Å²) in [7, 11) is 1.63. The number of aromatic nitrogens is 1. The molecule has 6 nitrogen and oxygen atoms in total. The Bertz CT molecular complexity index is 686. The van der Waals surface area contributed by atoms with Gasteiger partial charge in [-0.25, -0.2) is 0 Å². The van der Waals surface area contributed by atoms with Crippen molar-refractivity contribution in [2.45, 2.75) is 13.5 Å². The molecule has 6 heteroatoms. The van der Waals surface area contributed by atoms with Crippen molar-refractivity contribution in [1.29, 1.82) is 0 Å². The number of amides is 2. The lowest BCUT2D eigenvalue weighted by Gasteiger charge is -2.18. The summed E-state index contributed by atoms with van der Waals surface area (Å²) in [6.07, 6.45) is 1.66. The van der Waals surface area contributed by atoms with Crippen LogP contribution in [0.1, 0.15) is 23.0 Å². The van der Waals surface area contributed by atoms with Crippen LogP contribution in [0.2, 0.25) is 0 Å². The summed E-state index contributed by atoms with van der Waals surface area (Å²) in [5.41, 5.74) is 1.33. The molecule has 114 valence electrons. The van der Waals surface area contributed by atoms with Gasteiger partial charge in [0, 0.05) is 25.9 Å². The first-order chi connectivity index (χ1) is 10.5. The van der Waals surface area contributed by atoms with E-state index in [1.807, 2.05) is 12.1 Å². The monoisotopic (exact) mass is 299 g/mol. The number of pyridine rings is 1. The third kappa shape index (κ3) is 3.82. The van der Waals surface area contributed by atoms with E-state index in [-0.39, 0.29) is 23.1 Å². The lowest BCUT2D eigenvalue weighted by Crippen LogP contribution is -2.26. The van der Waals surface area contributed by atoms with Crippen molar-refractivity contribution < 1.29 is 14.7 Å². The average molecular weight is 299 g/mol. The molecule has 22 heavy (non-hydrogen) atoms. The molecule has 0 aliphatic rings. The quantitative estimate of drug-likeness (QED) is 0.846. The van der Waals surface area contributed by atoms with Gasteiger partial charge >= 0.3 is 0 Å². The number of nitrogens with zero attached hydrogens (tertiary/aromatic N) is 2. The van der Waals surface area contributed by atoms with Gasteiger partial charge in [0.05, 0.1) is 17.8 Å². The van der Waals surface area contributed by atoms with Crippen LogP contribution < -0.4 is 5.32 Å². The van der Waals surface area contributed by atoms with E-state index in [0.29, 0.717) is 12.2 Å². The Hall–Kier alpha value is -2.89. The van der Waals surface area contributed by atoms with Crippen LogP contribution in [0.3, 0.4) is 0 Å². The highest BCUT2D eigenvalue weighted by Gasteiger charge is 2.17. The molecule has 2 rings (SSSR count). The predicted octanol–water partition coefficient (Wildman–Crippen LogP) is 2.02. The largest absolute Gasteiger partial charge is 0.507 e. The maximum Gasteiger partial charge on any atom is 0.257 e. The number of phenols is 1. The number of hydrogen-bond acceptors (Lipinski definition) is 4. The number of anilines is 1.